The molecule has 0 bridgehead atoms. The van der Waals surface area contributed by atoms with Gasteiger partial charge in [0.05, 0.1) is 17.3 Å². The summed E-state index contributed by atoms with van der Waals surface area (Å²) in [4.78, 5) is 11.4. The van der Waals surface area contributed by atoms with Gasteiger partial charge in [-0.3, -0.25) is 0 Å². The van der Waals surface area contributed by atoms with E-state index in [1.807, 2.05) is 20.8 Å². The lowest BCUT2D eigenvalue weighted by atomic mass is 9.99. The monoisotopic (exact) mass is 270 g/mol. The first-order valence-electron chi connectivity index (χ1n) is 6.72. The predicted molar refractivity (Wildman–Crippen MR) is 73.7 cm³/mol. The van der Waals surface area contributed by atoms with Crippen LogP contribution in [-0.2, 0) is 14.3 Å². The summed E-state index contributed by atoms with van der Waals surface area (Å²) in [7, 11) is 0. The summed E-state index contributed by atoms with van der Waals surface area (Å²) < 4.78 is 11.2. The van der Waals surface area contributed by atoms with Crippen LogP contribution in [0.2, 0.25) is 0 Å². The Morgan fingerprint density at radius 2 is 1.89 bits per heavy atom. The maximum absolute atomic E-state index is 11.4. The van der Waals surface area contributed by atoms with Gasteiger partial charge in [-0.25, -0.2) is 4.79 Å². The van der Waals surface area contributed by atoms with E-state index >= 15 is 0 Å². The van der Waals surface area contributed by atoms with E-state index in [2.05, 4.69) is 6.58 Å². The van der Waals surface area contributed by atoms with Crippen molar-refractivity contribution in [2.24, 2.45) is 5.92 Å². The minimum atomic E-state index is -0.893. The molecule has 0 aromatic rings. The van der Waals surface area contributed by atoms with Crippen LogP contribution in [0.1, 0.15) is 48.0 Å². The molecular weight excluding hydrogens is 244 g/mol. The summed E-state index contributed by atoms with van der Waals surface area (Å²) in [5.74, 6) is -0.181. The normalized spacial score (nSPS) is 24.8. The van der Waals surface area contributed by atoms with Gasteiger partial charge in [0.1, 0.15) is 6.10 Å². The maximum Gasteiger partial charge on any atom is 0.333 e. The molecule has 1 fully saturated rings. The SMILES string of the molecule is C=C(C)C(=O)OC1CC1C(C)(C)OC(C)C(C)(C)O. The van der Waals surface area contributed by atoms with Crippen molar-refractivity contribution in [2.45, 2.75) is 71.4 Å². The third kappa shape index (κ3) is 4.32. The van der Waals surface area contributed by atoms with Gasteiger partial charge >= 0.3 is 5.97 Å². The van der Waals surface area contributed by atoms with Crippen LogP contribution in [0.4, 0.5) is 0 Å². The molecule has 0 radical (unpaired) electrons. The summed E-state index contributed by atoms with van der Waals surface area (Å²) in [5, 5.41) is 9.91. The average Bonchev–Trinajstić information content (AvgIpc) is 2.95. The van der Waals surface area contributed by atoms with E-state index in [4.69, 9.17) is 9.47 Å². The number of carbonyl (C=O) groups excluding carboxylic acids is 1. The van der Waals surface area contributed by atoms with Gasteiger partial charge in [0, 0.05) is 11.5 Å². The molecule has 19 heavy (non-hydrogen) atoms. The van der Waals surface area contributed by atoms with Crippen LogP contribution in [0, 0.1) is 5.92 Å². The molecule has 0 heterocycles. The van der Waals surface area contributed by atoms with Crippen molar-refractivity contribution in [3.8, 4) is 0 Å². The summed E-state index contributed by atoms with van der Waals surface area (Å²) >= 11 is 0. The third-order valence-electron chi connectivity index (χ3n) is 3.71. The van der Waals surface area contributed by atoms with Crippen molar-refractivity contribution < 1.29 is 19.4 Å². The van der Waals surface area contributed by atoms with Crippen LogP contribution in [0.3, 0.4) is 0 Å². The number of ether oxygens (including phenoxy) is 2. The molecule has 0 amide bonds. The number of hydrogen-bond acceptors (Lipinski definition) is 4. The van der Waals surface area contributed by atoms with Gasteiger partial charge in [0.2, 0.25) is 0 Å². The molecule has 1 N–H and O–H groups in total. The minimum absolute atomic E-state index is 0.104. The molecule has 0 aromatic heterocycles. The van der Waals surface area contributed by atoms with Gasteiger partial charge < -0.3 is 14.6 Å². The standard InChI is InChI=1S/C15H26O4/c1-9(2)13(16)18-12-8-11(12)15(6,7)19-10(3)14(4,5)17/h10-12,17H,1,8H2,2-7H3. The predicted octanol–water partition coefficient (Wildman–Crippen LogP) is 2.45. The van der Waals surface area contributed by atoms with Crippen molar-refractivity contribution in [1.29, 1.82) is 0 Å². The Hall–Kier alpha value is -0.870. The van der Waals surface area contributed by atoms with Crippen LogP contribution in [-0.4, -0.2) is 34.5 Å². The molecule has 0 spiro atoms. The molecule has 1 aliphatic rings. The fourth-order valence-corrected chi connectivity index (χ4v) is 1.96. The molecule has 3 atom stereocenters. The summed E-state index contributed by atoms with van der Waals surface area (Å²) in [6.07, 6.45) is 0.402. The van der Waals surface area contributed by atoms with Crippen molar-refractivity contribution in [2.75, 3.05) is 0 Å². The zero-order valence-electron chi connectivity index (χ0n) is 12.8. The minimum Gasteiger partial charge on any atom is -0.459 e. The van der Waals surface area contributed by atoms with Crippen molar-refractivity contribution in [1.82, 2.24) is 0 Å². The lowest BCUT2D eigenvalue weighted by Crippen LogP contribution is -2.43. The number of carbonyl (C=O) groups is 1. The van der Waals surface area contributed by atoms with Crippen molar-refractivity contribution in [3.05, 3.63) is 12.2 Å². The fraction of sp³-hybridized carbons (Fsp3) is 0.800. The van der Waals surface area contributed by atoms with Gasteiger partial charge in [-0.15, -0.1) is 0 Å². The molecule has 4 nitrogen and oxygen atoms in total. The second-order valence-corrected chi connectivity index (χ2v) is 6.58. The van der Waals surface area contributed by atoms with E-state index in [1.54, 1.807) is 20.8 Å². The first kappa shape index (κ1) is 16.2. The fourth-order valence-electron chi connectivity index (χ4n) is 1.96. The average molecular weight is 270 g/mol. The van der Waals surface area contributed by atoms with E-state index in [0.29, 0.717) is 5.57 Å². The van der Waals surface area contributed by atoms with Gasteiger partial charge in [-0.1, -0.05) is 6.58 Å². The molecule has 1 rings (SSSR count). The molecule has 0 aliphatic heterocycles. The van der Waals surface area contributed by atoms with E-state index in [9.17, 15) is 9.90 Å². The number of esters is 1. The highest BCUT2D eigenvalue weighted by Gasteiger charge is 2.52. The second-order valence-electron chi connectivity index (χ2n) is 6.58. The largest absolute Gasteiger partial charge is 0.459 e. The zero-order valence-corrected chi connectivity index (χ0v) is 12.8. The molecule has 3 unspecified atom stereocenters. The summed E-state index contributed by atoms with van der Waals surface area (Å²) in [6, 6.07) is 0. The third-order valence-corrected chi connectivity index (χ3v) is 3.71. The molecule has 0 saturated heterocycles. The molecule has 1 saturated carbocycles. The molecular formula is C15H26O4. The van der Waals surface area contributed by atoms with Crippen LogP contribution in [0.5, 0.6) is 0 Å². The molecule has 110 valence electrons. The Bertz CT molecular complexity index is 365. The lowest BCUT2D eigenvalue weighted by Gasteiger charge is -2.35. The van der Waals surface area contributed by atoms with Gasteiger partial charge in [-0.05, 0) is 48.0 Å². The first-order valence-corrected chi connectivity index (χ1v) is 6.72. The number of hydrogen-bond donors (Lipinski definition) is 1. The summed E-state index contributed by atoms with van der Waals surface area (Å²) in [6.45, 7) is 14.4. The molecule has 0 aromatic carbocycles. The first-order chi connectivity index (χ1) is 8.45. The van der Waals surface area contributed by atoms with Gasteiger partial charge in [0.25, 0.3) is 0 Å². The number of rotatable bonds is 6. The lowest BCUT2D eigenvalue weighted by molar-refractivity contribution is -0.158. The van der Waals surface area contributed by atoms with Gasteiger partial charge in [-0.2, -0.15) is 0 Å². The van der Waals surface area contributed by atoms with Gasteiger partial charge in [0.15, 0.2) is 0 Å². The highest BCUT2D eigenvalue weighted by molar-refractivity contribution is 5.87. The maximum atomic E-state index is 11.4. The Balaban J connectivity index is 2.53. The highest BCUT2D eigenvalue weighted by Crippen LogP contribution is 2.45. The quantitative estimate of drug-likeness (QED) is 0.595. The van der Waals surface area contributed by atoms with E-state index in [-0.39, 0.29) is 24.1 Å². The topological polar surface area (TPSA) is 55.8 Å². The van der Waals surface area contributed by atoms with Crippen LogP contribution < -0.4 is 0 Å². The Morgan fingerprint density at radius 3 is 2.32 bits per heavy atom. The molecule has 1 aliphatic carbocycles. The highest BCUT2D eigenvalue weighted by atomic mass is 16.6. The smallest absolute Gasteiger partial charge is 0.333 e. The van der Waals surface area contributed by atoms with Crippen LogP contribution in [0.15, 0.2) is 12.2 Å². The van der Waals surface area contributed by atoms with Crippen LogP contribution >= 0.6 is 0 Å². The second kappa shape index (κ2) is 5.25. The van der Waals surface area contributed by atoms with E-state index in [0.717, 1.165) is 6.42 Å². The van der Waals surface area contributed by atoms with Crippen LogP contribution in [0.25, 0.3) is 0 Å². The summed E-state index contributed by atoms with van der Waals surface area (Å²) in [5.41, 5.74) is -0.913. The Morgan fingerprint density at radius 1 is 1.37 bits per heavy atom. The van der Waals surface area contributed by atoms with E-state index < -0.39 is 11.2 Å². The van der Waals surface area contributed by atoms with Crippen molar-refractivity contribution in [3.63, 3.8) is 0 Å². The Labute approximate surface area is 115 Å². The zero-order chi connectivity index (χ0) is 15.0. The van der Waals surface area contributed by atoms with E-state index in [1.165, 1.54) is 0 Å². The Kier molecular flexibility index (Phi) is 4.47. The number of aliphatic hydroxyl groups is 1. The van der Waals surface area contributed by atoms with Crippen molar-refractivity contribution >= 4 is 5.97 Å². The molecule has 4 heteroatoms.